The zero-order valence-corrected chi connectivity index (χ0v) is 16.4. The van der Waals surface area contributed by atoms with Crippen molar-refractivity contribution < 1.29 is 14.3 Å². The Balaban J connectivity index is 1.66. The second-order valence-electron chi connectivity index (χ2n) is 6.96. The Morgan fingerprint density at radius 2 is 1.81 bits per heavy atom. The van der Waals surface area contributed by atoms with Crippen LogP contribution >= 0.6 is 0 Å². The lowest BCUT2D eigenvalue weighted by Crippen LogP contribution is -2.47. The number of rotatable bonds is 6. The van der Waals surface area contributed by atoms with E-state index in [1.54, 1.807) is 12.0 Å². The summed E-state index contributed by atoms with van der Waals surface area (Å²) < 4.78 is 10.8. The van der Waals surface area contributed by atoms with E-state index in [0.717, 1.165) is 43.2 Å². The molecule has 2 aromatic rings. The van der Waals surface area contributed by atoms with Gasteiger partial charge in [0.2, 0.25) is 0 Å². The molecule has 0 saturated carbocycles. The van der Waals surface area contributed by atoms with Gasteiger partial charge in [-0.1, -0.05) is 30.3 Å². The minimum atomic E-state index is 0.0432. The molecule has 0 bridgehead atoms. The van der Waals surface area contributed by atoms with Crippen molar-refractivity contribution in [3.63, 3.8) is 0 Å². The smallest absolute Gasteiger partial charge is 0.253 e. The number of hydrogen-bond acceptors (Lipinski definition) is 4. The van der Waals surface area contributed by atoms with Crippen LogP contribution in [0, 0.1) is 0 Å². The van der Waals surface area contributed by atoms with Gasteiger partial charge in [0.15, 0.2) is 0 Å². The molecule has 5 heteroatoms. The zero-order valence-electron chi connectivity index (χ0n) is 16.4. The first-order chi connectivity index (χ1) is 13.1. The monoisotopic (exact) mass is 368 g/mol. The molecule has 0 N–H and O–H groups in total. The summed E-state index contributed by atoms with van der Waals surface area (Å²) in [5.74, 6) is 0.870. The van der Waals surface area contributed by atoms with Crippen molar-refractivity contribution in [1.82, 2.24) is 9.80 Å². The van der Waals surface area contributed by atoms with Crippen molar-refractivity contribution in [3.8, 4) is 16.9 Å². The minimum Gasteiger partial charge on any atom is -0.496 e. The summed E-state index contributed by atoms with van der Waals surface area (Å²) in [6.45, 7) is 6.26. The molecule has 1 atom stereocenters. The van der Waals surface area contributed by atoms with Crippen molar-refractivity contribution >= 4 is 5.91 Å². The van der Waals surface area contributed by atoms with Gasteiger partial charge < -0.3 is 14.4 Å². The van der Waals surface area contributed by atoms with Gasteiger partial charge in [0.25, 0.3) is 5.91 Å². The molecule has 5 nitrogen and oxygen atoms in total. The number of para-hydroxylation sites is 1. The topological polar surface area (TPSA) is 42.0 Å². The number of carbonyl (C=O) groups is 1. The van der Waals surface area contributed by atoms with Crippen molar-refractivity contribution in [2.45, 2.75) is 13.0 Å². The van der Waals surface area contributed by atoms with Crippen LogP contribution in [-0.2, 0) is 4.74 Å². The van der Waals surface area contributed by atoms with E-state index in [1.807, 2.05) is 55.6 Å². The number of morpholine rings is 1. The third-order valence-electron chi connectivity index (χ3n) is 5.10. The SMILES string of the molecule is COc1ccccc1-c1ccc(C(=O)N(C)CC(C)N2CCOCC2)cc1. The Hall–Kier alpha value is -2.37. The van der Waals surface area contributed by atoms with Gasteiger partial charge in [0.1, 0.15) is 5.75 Å². The second kappa shape index (κ2) is 9.02. The second-order valence-corrected chi connectivity index (χ2v) is 6.96. The molecule has 1 aliphatic heterocycles. The maximum Gasteiger partial charge on any atom is 0.253 e. The molecule has 0 aliphatic carbocycles. The van der Waals surface area contributed by atoms with Crippen LogP contribution in [0.5, 0.6) is 5.75 Å². The maximum atomic E-state index is 12.8. The summed E-state index contributed by atoms with van der Waals surface area (Å²) in [5.41, 5.74) is 2.76. The lowest BCUT2D eigenvalue weighted by atomic mass is 10.0. The fourth-order valence-corrected chi connectivity index (χ4v) is 3.51. The number of benzene rings is 2. The van der Waals surface area contributed by atoms with Crippen LogP contribution in [0.2, 0.25) is 0 Å². The number of amides is 1. The van der Waals surface area contributed by atoms with Crippen LogP contribution in [0.1, 0.15) is 17.3 Å². The molecule has 0 spiro atoms. The molecule has 0 radical (unpaired) electrons. The lowest BCUT2D eigenvalue weighted by molar-refractivity contribution is 0.0142. The van der Waals surface area contributed by atoms with Gasteiger partial charge in [-0.05, 0) is 30.7 Å². The van der Waals surface area contributed by atoms with Gasteiger partial charge >= 0.3 is 0 Å². The Morgan fingerprint density at radius 3 is 2.48 bits per heavy atom. The predicted octanol–water partition coefficient (Wildman–Crippen LogP) is 3.15. The Morgan fingerprint density at radius 1 is 1.15 bits per heavy atom. The average Bonchev–Trinajstić information content (AvgIpc) is 2.73. The van der Waals surface area contributed by atoms with Gasteiger partial charge in [0, 0.05) is 43.9 Å². The van der Waals surface area contributed by atoms with E-state index in [4.69, 9.17) is 9.47 Å². The highest BCUT2D eigenvalue weighted by molar-refractivity contribution is 5.94. The Kier molecular flexibility index (Phi) is 6.48. The summed E-state index contributed by atoms with van der Waals surface area (Å²) in [6, 6.07) is 15.9. The van der Waals surface area contributed by atoms with E-state index in [1.165, 1.54) is 0 Å². The molecule has 3 rings (SSSR count). The van der Waals surface area contributed by atoms with Crippen LogP contribution in [0.3, 0.4) is 0 Å². The van der Waals surface area contributed by atoms with Crippen LogP contribution in [0.25, 0.3) is 11.1 Å². The predicted molar refractivity (Wildman–Crippen MR) is 107 cm³/mol. The number of carbonyl (C=O) groups excluding carboxylic acids is 1. The highest BCUT2D eigenvalue weighted by atomic mass is 16.5. The summed E-state index contributed by atoms with van der Waals surface area (Å²) in [6.07, 6.45) is 0. The average molecular weight is 368 g/mol. The molecule has 0 aromatic heterocycles. The minimum absolute atomic E-state index is 0.0432. The van der Waals surface area contributed by atoms with E-state index in [9.17, 15) is 4.79 Å². The largest absolute Gasteiger partial charge is 0.496 e. The van der Waals surface area contributed by atoms with Crippen LogP contribution in [-0.4, -0.2) is 68.8 Å². The van der Waals surface area contributed by atoms with Crippen molar-refractivity contribution in [3.05, 3.63) is 54.1 Å². The number of ether oxygens (including phenoxy) is 2. The maximum absolute atomic E-state index is 12.8. The highest BCUT2D eigenvalue weighted by Crippen LogP contribution is 2.29. The van der Waals surface area contributed by atoms with E-state index in [-0.39, 0.29) is 5.91 Å². The Labute approximate surface area is 161 Å². The van der Waals surface area contributed by atoms with E-state index < -0.39 is 0 Å². The Bertz CT molecular complexity index is 754. The van der Waals surface area contributed by atoms with Crippen molar-refractivity contribution in [1.29, 1.82) is 0 Å². The molecule has 2 aromatic carbocycles. The number of hydrogen-bond donors (Lipinski definition) is 0. The molecule has 144 valence electrons. The molecule has 27 heavy (non-hydrogen) atoms. The van der Waals surface area contributed by atoms with E-state index in [0.29, 0.717) is 18.2 Å². The molecule has 1 unspecified atom stereocenters. The van der Waals surface area contributed by atoms with Crippen LogP contribution in [0.4, 0.5) is 0 Å². The number of nitrogens with zero attached hydrogens (tertiary/aromatic N) is 2. The lowest BCUT2D eigenvalue weighted by Gasteiger charge is -2.34. The molecule has 1 aliphatic rings. The third-order valence-corrected chi connectivity index (χ3v) is 5.10. The fourth-order valence-electron chi connectivity index (χ4n) is 3.51. The van der Waals surface area contributed by atoms with E-state index in [2.05, 4.69) is 11.8 Å². The highest BCUT2D eigenvalue weighted by Gasteiger charge is 2.21. The summed E-state index contributed by atoms with van der Waals surface area (Å²) >= 11 is 0. The van der Waals surface area contributed by atoms with Crippen molar-refractivity contribution in [2.24, 2.45) is 0 Å². The first-order valence-corrected chi connectivity index (χ1v) is 9.41. The molecule has 1 fully saturated rings. The van der Waals surface area contributed by atoms with Crippen LogP contribution < -0.4 is 4.74 Å². The first kappa shape index (κ1) is 19.4. The molecule has 1 heterocycles. The van der Waals surface area contributed by atoms with E-state index >= 15 is 0 Å². The summed E-state index contributed by atoms with van der Waals surface area (Å²) in [5, 5.41) is 0. The molecule has 1 saturated heterocycles. The molecular weight excluding hydrogens is 340 g/mol. The van der Waals surface area contributed by atoms with Crippen LogP contribution in [0.15, 0.2) is 48.5 Å². The third kappa shape index (κ3) is 4.67. The van der Waals surface area contributed by atoms with Crippen molar-refractivity contribution in [2.75, 3.05) is 47.0 Å². The zero-order chi connectivity index (χ0) is 19.2. The summed E-state index contributed by atoms with van der Waals surface area (Å²) in [7, 11) is 3.54. The van der Waals surface area contributed by atoms with Gasteiger partial charge in [0.05, 0.1) is 20.3 Å². The number of methoxy groups -OCH3 is 1. The fraction of sp³-hybridized carbons (Fsp3) is 0.409. The number of likely N-dealkylation sites (N-methyl/N-ethyl adjacent to an activating group) is 1. The molecular formula is C22H28N2O3. The van der Waals surface area contributed by atoms with Gasteiger partial charge in [-0.15, -0.1) is 0 Å². The summed E-state index contributed by atoms with van der Waals surface area (Å²) in [4.78, 5) is 17.0. The molecule has 1 amide bonds. The standard InChI is InChI=1S/C22H28N2O3/c1-17(24-12-14-27-15-13-24)16-23(2)22(25)19-10-8-18(9-11-19)20-6-4-5-7-21(20)26-3/h4-11,17H,12-16H2,1-3H3. The normalized spacial score (nSPS) is 16.0. The van der Waals surface area contributed by atoms with Gasteiger partial charge in [-0.2, -0.15) is 0 Å². The van der Waals surface area contributed by atoms with Gasteiger partial charge in [-0.25, -0.2) is 0 Å². The quantitative estimate of drug-likeness (QED) is 0.786. The first-order valence-electron chi connectivity index (χ1n) is 9.41. The van der Waals surface area contributed by atoms with Gasteiger partial charge in [-0.3, -0.25) is 9.69 Å².